The Labute approximate surface area is 799 Å². The van der Waals surface area contributed by atoms with Crippen molar-refractivity contribution in [3.8, 4) is 6.01 Å². The Morgan fingerprint density at radius 3 is 1.10 bits per heavy atom. The number of ether oxygens (including phenoxy) is 2. The van der Waals surface area contributed by atoms with Gasteiger partial charge in [-0.25, -0.2) is 33.6 Å². The molecule has 42 nitrogen and oxygen atoms in total. The van der Waals surface area contributed by atoms with Gasteiger partial charge in [-0.1, -0.05) is 164 Å². The highest BCUT2D eigenvalue weighted by Gasteiger charge is 2.57. The van der Waals surface area contributed by atoms with Crippen LogP contribution in [0.2, 0.25) is 0 Å². The van der Waals surface area contributed by atoms with E-state index in [2.05, 4.69) is 140 Å². The molecular formula is C90H123I2N16O26S-. The Balaban J connectivity index is 0.000000160. The number of hydrogen-bond donors (Lipinski definition) is 12. The first-order valence-corrected chi connectivity index (χ1v) is 49.9. The number of nitrogens with zero attached hydrogens (tertiary/aromatic N) is 9. The number of hydrogen-bond acceptors (Lipinski definition) is 27. The summed E-state index contributed by atoms with van der Waals surface area (Å²) in [7, 11) is -3.62. The van der Waals surface area contributed by atoms with Crippen LogP contribution < -0.4 is 89.0 Å². The minimum Gasteiger partial charge on any atom is -0.870 e. The van der Waals surface area contributed by atoms with E-state index in [1.165, 1.54) is 98.0 Å². The zero-order chi connectivity index (χ0) is 97.8. The number of allylic oxidation sites excluding steroid dienone is 3. The summed E-state index contributed by atoms with van der Waals surface area (Å²) in [4.78, 5) is 189. The van der Waals surface area contributed by atoms with Crippen LogP contribution in [-0.2, 0) is 19.0 Å². The van der Waals surface area contributed by atoms with Gasteiger partial charge >= 0.3 is 39.8 Å². The fourth-order valence-corrected chi connectivity index (χ4v) is 23.4. The fourth-order valence-electron chi connectivity index (χ4n) is 20.2. The van der Waals surface area contributed by atoms with Gasteiger partial charge in [0.15, 0.2) is 0 Å². The molecule has 0 bridgehead atoms. The van der Waals surface area contributed by atoms with Crippen molar-refractivity contribution >= 4 is 55.3 Å². The smallest absolute Gasteiger partial charge is 0.328 e. The van der Waals surface area contributed by atoms with Gasteiger partial charge in [-0.05, 0) is 111 Å². The van der Waals surface area contributed by atoms with E-state index in [-0.39, 0.29) is 129 Å². The number of nitrogens with one attached hydrogen (secondary N) is 7. The standard InChI is InChI=1S/C13H20N2O5S.C12H17IN2O2.C12H16N2O2.C11H15IN2O3.C11H14N2O3.C11H14N2O2.C10H14N2O5.C10H12N2O3.H2O/c1-4-9-7-10(12(8(9)2)20-21(3,18)19)15-6-5-11(16)14-13(15)17;1-3-8-6-9(7(2)11(8)13)15-5-4-10(16)14-12(15)17;1-3-8-6-9-11(7(8)2)16-12-13-10(15)4-5-14(9)12;1-2-6-5-7(10(16)9(6)12)14-4-3-8(15)13-11(14)17;1-2-6-5-7(10-9(6)16-10)13-4-3-8(14)12-11(13)15;1-2-8-3-4-9(7-8)13-6-5-10(14)12-11(13)15;13-4-5-3-6(9(16)8(5)15)12-2-1-7(14)11-10(12)17;13-6-7-1-2-8(5-7)12-4-3-9(14)11-10(12)15;/h5-6,8-10,12H,4,7H2,1-3H3,(H,14,16,17);4-5,7-9,11H,3,6H2,1-2H3,(H,14,16,17);4-5,7-9,11H,3,6H2,1-2H3;3-4,6-7,9-10,16H,2,5H2,1H3,(H,13,15,17);3-4,6-7,9-10H,2,5H2,1H3,(H,12,14,15);3-6,8-9H,2,7H2,1H3,(H,12,14,15);1-2,5-6,8-9,13,15-16H,3-4H2,(H,11,14,17);1-4,7-8,13H,5-6H2,(H,11,14,15);1H2/p-1/t8-,9-,10+,12?;7?,8-,9+,11+;7-,8-,9+,11?;6-,7+,9-,10?;6-,7+,9+,10?;8-,9+;5-,6-,8+,9?;7-,8+;/m00000111./s1. The highest BCUT2D eigenvalue weighted by Crippen LogP contribution is 2.51. The third-order valence-corrected chi connectivity index (χ3v) is 32.5. The molecule has 0 radical (unpaired) electrons. The lowest BCUT2D eigenvalue weighted by atomic mass is 9.95. The topological polar surface area (TPSA) is 615 Å². The Bertz CT molecular complexity index is 6210. The van der Waals surface area contributed by atoms with Gasteiger partial charge in [0.2, 0.25) is 0 Å². The predicted molar refractivity (Wildman–Crippen MR) is 515 cm³/mol. The molecule has 740 valence electrons. The summed E-state index contributed by atoms with van der Waals surface area (Å²) in [5.41, 5.74) is -5.98. The number of halogens is 2. The Hall–Kier alpha value is -9.99. The van der Waals surface area contributed by atoms with Crippen LogP contribution in [0, 0.1) is 65.1 Å². The van der Waals surface area contributed by atoms with E-state index in [4.69, 9.17) is 23.9 Å². The summed E-state index contributed by atoms with van der Waals surface area (Å²) in [5.74, 6) is 3.82. The molecular weight excluding hydrogens is 2010 g/mol. The molecule has 6 saturated carbocycles. The zero-order valence-electron chi connectivity index (χ0n) is 76.6. The maximum absolute atomic E-state index is 11.9. The number of fused-ring (bicyclic) bond motifs is 4. The molecule has 18 rings (SSSR count). The molecule has 13 N–H and O–H groups in total. The number of rotatable bonds is 17. The van der Waals surface area contributed by atoms with Crippen molar-refractivity contribution in [2.24, 2.45) is 65.1 Å². The van der Waals surface area contributed by atoms with Crippen LogP contribution in [0.15, 0.2) is 194 Å². The molecule has 0 aromatic carbocycles. The van der Waals surface area contributed by atoms with Crippen LogP contribution in [0.5, 0.6) is 6.01 Å². The average Bonchev–Trinajstić information content (AvgIpc) is 1.58. The van der Waals surface area contributed by atoms with E-state index < -0.39 is 97.5 Å². The summed E-state index contributed by atoms with van der Waals surface area (Å²) < 4.78 is 52.6. The van der Waals surface area contributed by atoms with Crippen LogP contribution in [0.25, 0.3) is 0 Å². The molecule has 8 aromatic heterocycles. The van der Waals surface area contributed by atoms with Crippen molar-refractivity contribution in [1.82, 2.24) is 76.4 Å². The van der Waals surface area contributed by atoms with Gasteiger partial charge in [-0.15, -0.1) is 0 Å². The van der Waals surface area contributed by atoms with Crippen molar-refractivity contribution in [3.63, 3.8) is 0 Å². The normalized spacial score (nSPS) is 31.0. The molecule has 135 heavy (non-hydrogen) atoms. The van der Waals surface area contributed by atoms with Crippen LogP contribution >= 0.6 is 45.2 Å². The van der Waals surface area contributed by atoms with Gasteiger partial charge in [0.05, 0.1) is 66.9 Å². The number of aliphatic hydroxyl groups is 5. The van der Waals surface area contributed by atoms with Crippen LogP contribution in [0.4, 0.5) is 0 Å². The maximum atomic E-state index is 11.9. The monoisotopic (exact) mass is 2130 g/mol. The first-order valence-electron chi connectivity index (χ1n) is 45.6. The molecule has 0 spiro atoms. The lowest BCUT2D eigenvalue weighted by molar-refractivity contribution is -0.00456. The van der Waals surface area contributed by atoms with E-state index in [1.54, 1.807) is 32.3 Å². The zero-order valence-corrected chi connectivity index (χ0v) is 81.7. The maximum Gasteiger partial charge on any atom is 0.328 e. The van der Waals surface area contributed by atoms with Gasteiger partial charge in [-0.3, -0.25) is 114 Å². The van der Waals surface area contributed by atoms with Gasteiger partial charge in [-0.2, -0.15) is 13.4 Å². The lowest BCUT2D eigenvalue weighted by Gasteiger charge is -2.23. The van der Waals surface area contributed by atoms with Gasteiger partial charge in [0.25, 0.3) is 60.6 Å². The van der Waals surface area contributed by atoms with E-state index in [9.17, 15) is 95.7 Å². The number of aromatic nitrogens is 16. The Kier molecular flexibility index (Phi) is 37.6. The predicted octanol–water partition coefficient (Wildman–Crippen LogP) is 3.34. The number of alkyl halides is 2. The highest BCUT2D eigenvalue weighted by molar-refractivity contribution is 14.1. The summed E-state index contributed by atoms with van der Waals surface area (Å²) in [5, 5.41) is 47.5. The second-order valence-corrected chi connectivity index (χ2v) is 40.5. The first kappa shape index (κ1) is 107. The van der Waals surface area contributed by atoms with Gasteiger partial charge in [0.1, 0.15) is 24.4 Å². The molecule has 10 heterocycles. The largest absolute Gasteiger partial charge is 0.870 e. The molecule has 28 atom stereocenters. The number of aliphatic hydroxyl groups excluding tert-OH is 5. The number of H-pyrrole nitrogens is 7. The second kappa shape index (κ2) is 47.4. The third-order valence-electron chi connectivity index (χ3n) is 28.0. The highest BCUT2D eigenvalue weighted by atomic mass is 127. The molecule has 45 heteroatoms. The van der Waals surface area contributed by atoms with E-state index in [0.29, 0.717) is 70.4 Å². The minimum absolute atomic E-state index is 0. The lowest BCUT2D eigenvalue weighted by Crippen LogP contribution is -2.37. The second-order valence-electron chi connectivity index (χ2n) is 36.0. The van der Waals surface area contributed by atoms with E-state index >= 15 is 0 Å². The molecule has 7 fully saturated rings. The van der Waals surface area contributed by atoms with E-state index in [1.807, 2.05) is 42.8 Å². The fraction of sp³-hybridized carbons (Fsp3) is 0.600. The quantitative estimate of drug-likeness (QED) is 0.0204. The molecule has 8 aliphatic carbocycles. The first-order chi connectivity index (χ1) is 63.7. The SMILES string of the molecule is CC[C@@H]1C=C[C@H](n2ccc(=O)[nH]c2=O)C1.CC[C@H]1C[C@@H](n2ccc(=O)[nH]c2=O)C(C)[C@H]1I.CC[C@H]1C[C@@H](n2ccc(=O)[nH]c2=O)C(O)[C@H]1I.CC[C@H]1C[C@@H](n2ccc(=O)[nH]c2=O)C(OS(C)(=O)=O)[C@H]1C.CC[C@H]1C[C@@H](n2ccc(=O)[nH]c2=O)C2O[C@@H]21.CC[C@H]1C[C@@H]2C(Oc3nc(=O)ccn32)[C@H]1C.O=c1ccn([C@@H]2C[C@H](CO)[C@H](O)C2O)c(=O)[nH]1.O=c1ccn([C@H]2C=C[C@@H](CO)C2)c(=O)[nH]1.[OH-]. The summed E-state index contributed by atoms with van der Waals surface area (Å²) >= 11 is 4.74. The summed E-state index contributed by atoms with van der Waals surface area (Å²) in [6, 6.07) is 10.7. The number of aromatic amines is 7. The molecule has 6 unspecified atom stereocenters. The summed E-state index contributed by atoms with van der Waals surface area (Å²) in [6.45, 7) is 19.0. The molecule has 1 saturated heterocycles. The van der Waals surface area contributed by atoms with Crippen LogP contribution in [0.3, 0.4) is 0 Å². The summed E-state index contributed by atoms with van der Waals surface area (Å²) in [6.07, 6.45) is 31.4. The van der Waals surface area contributed by atoms with Crippen molar-refractivity contribution < 1.29 is 53.1 Å². The molecule has 2 aliphatic heterocycles. The molecule has 10 aliphatic rings. The minimum atomic E-state index is -3.62. The van der Waals surface area contributed by atoms with Gasteiger partial charge in [0, 0.05) is 137 Å². The van der Waals surface area contributed by atoms with E-state index in [0.717, 1.165) is 76.4 Å². The van der Waals surface area contributed by atoms with Crippen LogP contribution in [-0.4, -0.2) is 186 Å². The third kappa shape index (κ3) is 25.9. The van der Waals surface area contributed by atoms with Crippen molar-refractivity contribution in [1.29, 1.82) is 0 Å². The van der Waals surface area contributed by atoms with Crippen molar-refractivity contribution in [2.45, 2.75) is 251 Å². The molecule has 0 amide bonds. The van der Waals surface area contributed by atoms with Gasteiger partial charge < -0.3 is 40.5 Å². The average molecular weight is 2130 g/mol. The number of epoxide rings is 1. The van der Waals surface area contributed by atoms with Crippen molar-refractivity contribution in [3.05, 3.63) is 279 Å². The Morgan fingerprint density at radius 2 is 0.719 bits per heavy atom. The Morgan fingerprint density at radius 1 is 0.370 bits per heavy atom. The van der Waals surface area contributed by atoms with Crippen molar-refractivity contribution in [2.75, 3.05) is 19.5 Å². The van der Waals surface area contributed by atoms with Crippen LogP contribution in [0.1, 0.15) is 201 Å². The molecule has 8 aromatic rings.